The number of carbonyl (C=O) groups excluding carboxylic acids is 1. The molecule has 0 radical (unpaired) electrons. The molecule has 2 aromatic rings. The quantitative estimate of drug-likeness (QED) is 0.816. The van der Waals surface area contributed by atoms with E-state index in [0.29, 0.717) is 23.9 Å². The van der Waals surface area contributed by atoms with Crippen molar-refractivity contribution >= 4 is 17.4 Å². The lowest BCUT2D eigenvalue weighted by Crippen LogP contribution is -2.14. The van der Waals surface area contributed by atoms with E-state index < -0.39 is 0 Å². The Balaban J connectivity index is 2.01. The molecule has 2 rings (SSSR count). The number of hydrogen-bond acceptors (Lipinski definition) is 4. The molecule has 2 N–H and O–H groups in total. The molecule has 122 valence electrons. The molecule has 0 aliphatic carbocycles. The molecule has 0 aliphatic heterocycles. The average molecular weight is 313 g/mol. The topological polar surface area (TPSA) is 63.2 Å². The average Bonchev–Trinajstić information content (AvgIpc) is 2.55. The number of aromatic nitrogens is 1. The van der Waals surface area contributed by atoms with Gasteiger partial charge in [-0.25, -0.2) is 4.98 Å². The molecule has 1 amide bonds. The Kier molecular flexibility index (Phi) is 5.97. The highest BCUT2D eigenvalue weighted by Crippen LogP contribution is 2.17. The zero-order valence-corrected chi connectivity index (χ0v) is 13.8. The first-order chi connectivity index (χ1) is 11.1. The molecule has 0 saturated carbocycles. The first-order valence-electron chi connectivity index (χ1n) is 7.82. The fourth-order valence-electron chi connectivity index (χ4n) is 1.98. The number of hydrogen-bond donors (Lipinski definition) is 2. The van der Waals surface area contributed by atoms with E-state index in [1.807, 2.05) is 31.2 Å². The Morgan fingerprint density at radius 1 is 1.22 bits per heavy atom. The Labute approximate surface area is 137 Å². The maximum Gasteiger partial charge on any atom is 0.255 e. The highest BCUT2D eigenvalue weighted by atomic mass is 16.5. The Hall–Kier alpha value is -2.56. The van der Waals surface area contributed by atoms with Crippen molar-refractivity contribution in [3.8, 4) is 5.75 Å². The fourth-order valence-corrected chi connectivity index (χ4v) is 1.98. The Bertz CT molecular complexity index is 639. The van der Waals surface area contributed by atoms with Gasteiger partial charge in [-0.05, 0) is 49.2 Å². The summed E-state index contributed by atoms with van der Waals surface area (Å²) in [5.74, 6) is 1.84. The number of amides is 1. The van der Waals surface area contributed by atoms with Gasteiger partial charge in [-0.3, -0.25) is 4.79 Å². The smallest absolute Gasteiger partial charge is 0.255 e. The lowest BCUT2D eigenvalue weighted by molar-refractivity contribution is 0.102. The first-order valence-corrected chi connectivity index (χ1v) is 7.82. The predicted molar refractivity (Wildman–Crippen MR) is 93.1 cm³/mol. The standard InChI is InChI=1S/C18H23N3O2/c1-4-23-16-7-5-15(6-8-16)21-18(22)14-9-10-19-17(11-14)20-12-13(2)3/h5-11,13H,4,12H2,1-3H3,(H,19,20)(H,21,22). The van der Waals surface area contributed by atoms with E-state index in [-0.39, 0.29) is 5.91 Å². The van der Waals surface area contributed by atoms with Crippen LogP contribution in [0.4, 0.5) is 11.5 Å². The summed E-state index contributed by atoms with van der Waals surface area (Å²) in [5.41, 5.74) is 1.30. The summed E-state index contributed by atoms with van der Waals surface area (Å²) in [7, 11) is 0. The zero-order valence-electron chi connectivity index (χ0n) is 13.8. The molecular formula is C18H23N3O2. The molecule has 1 aromatic carbocycles. The van der Waals surface area contributed by atoms with Crippen molar-refractivity contribution in [1.82, 2.24) is 4.98 Å². The van der Waals surface area contributed by atoms with E-state index in [0.717, 1.165) is 18.0 Å². The minimum atomic E-state index is -0.163. The molecule has 0 aliphatic rings. The second-order valence-corrected chi connectivity index (χ2v) is 5.62. The maximum atomic E-state index is 12.3. The van der Waals surface area contributed by atoms with Crippen LogP contribution in [0.15, 0.2) is 42.6 Å². The van der Waals surface area contributed by atoms with Gasteiger partial charge < -0.3 is 15.4 Å². The molecule has 23 heavy (non-hydrogen) atoms. The number of pyridine rings is 1. The van der Waals surface area contributed by atoms with Gasteiger partial charge in [0.05, 0.1) is 6.61 Å². The van der Waals surface area contributed by atoms with Gasteiger partial charge in [-0.2, -0.15) is 0 Å². The van der Waals surface area contributed by atoms with E-state index in [4.69, 9.17) is 4.74 Å². The van der Waals surface area contributed by atoms with E-state index in [1.165, 1.54) is 0 Å². The molecule has 0 unspecified atom stereocenters. The summed E-state index contributed by atoms with van der Waals surface area (Å²) in [6.07, 6.45) is 1.63. The third kappa shape index (κ3) is 5.29. The fraction of sp³-hybridized carbons (Fsp3) is 0.333. The number of carbonyl (C=O) groups is 1. The van der Waals surface area contributed by atoms with Gasteiger partial charge in [0.2, 0.25) is 0 Å². The van der Waals surface area contributed by atoms with Gasteiger partial charge in [-0.1, -0.05) is 13.8 Å². The van der Waals surface area contributed by atoms with Gasteiger partial charge >= 0.3 is 0 Å². The van der Waals surface area contributed by atoms with Gasteiger partial charge in [0.15, 0.2) is 0 Å². The summed E-state index contributed by atoms with van der Waals surface area (Å²) >= 11 is 0. The Morgan fingerprint density at radius 2 is 1.96 bits per heavy atom. The number of nitrogens with zero attached hydrogens (tertiary/aromatic N) is 1. The van der Waals surface area contributed by atoms with Crippen molar-refractivity contribution in [2.75, 3.05) is 23.8 Å². The molecule has 0 bridgehead atoms. The van der Waals surface area contributed by atoms with E-state index in [1.54, 1.807) is 18.3 Å². The summed E-state index contributed by atoms with van der Waals surface area (Å²) < 4.78 is 5.38. The van der Waals surface area contributed by atoms with Crippen LogP contribution in [0.1, 0.15) is 31.1 Å². The minimum Gasteiger partial charge on any atom is -0.494 e. The van der Waals surface area contributed by atoms with Crippen LogP contribution in [0.3, 0.4) is 0 Å². The Morgan fingerprint density at radius 3 is 2.61 bits per heavy atom. The van der Waals surface area contributed by atoms with Crippen LogP contribution in [0.25, 0.3) is 0 Å². The molecule has 1 heterocycles. The molecule has 0 fully saturated rings. The monoisotopic (exact) mass is 313 g/mol. The molecule has 1 aromatic heterocycles. The minimum absolute atomic E-state index is 0.163. The van der Waals surface area contributed by atoms with Crippen LogP contribution in [0, 0.1) is 5.92 Å². The summed E-state index contributed by atoms with van der Waals surface area (Å²) in [4.78, 5) is 16.5. The van der Waals surface area contributed by atoms with Crippen LogP contribution in [-0.2, 0) is 0 Å². The third-order valence-corrected chi connectivity index (χ3v) is 3.14. The predicted octanol–water partition coefficient (Wildman–Crippen LogP) is 3.80. The van der Waals surface area contributed by atoms with Crippen molar-refractivity contribution in [2.45, 2.75) is 20.8 Å². The van der Waals surface area contributed by atoms with Crippen molar-refractivity contribution in [3.05, 3.63) is 48.2 Å². The normalized spacial score (nSPS) is 10.4. The van der Waals surface area contributed by atoms with E-state index in [9.17, 15) is 4.79 Å². The van der Waals surface area contributed by atoms with E-state index >= 15 is 0 Å². The number of nitrogens with one attached hydrogen (secondary N) is 2. The maximum absolute atomic E-state index is 12.3. The van der Waals surface area contributed by atoms with Crippen LogP contribution >= 0.6 is 0 Å². The van der Waals surface area contributed by atoms with Gasteiger partial charge in [0, 0.05) is 24.0 Å². The van der Waals surface area contributed by atoms with Gasteiger partial charge in [0.25, 0.3) is 5.91 Å². The van der Waals surface area contributed by atoms with Gasteiger partial charge in [-0.15, -0.1) is 0 Å². The van der Waals surface area contributed by atoms with Crippen molar-refractivity contribution in [1.29, 1.82) is 0 Å². The summed E-state index contributed by atoms with van der Waals surface area (Å²) in [6.45, 7) is 7.61. The second-order valence-electron chi connectivity index (χ2n) is 5.62. The summed E-state index contributed by atoms with van der Waals surface area (Å²) in [6, 6.07) is 10.8. The summed E-state index contributed by atoms with van der Waals surface area (Å²) in [5, 5.41) is 6.09. The number of rotatable bonds is 7. The number of anilines is 2. The zero-order chi connectivity index (χ0) is 16.7. The third-order valence-electron chi connectivity index (χ3n) is 3.14. The molecule has 0 saturated heterocycles. The van der Waals surface area contributed by atoms with E-state index in [2.05, 4.69) is 29.5 Å². The molecule has 5 heteroatoms. The van der Waals surface area contributed by atoms with Crippen molar-refractivity contribution in [2.24, 2.45) is 5.92 Å². The molecule has 0 atom stereocenters. The number of ether oxygens (including phenoxy) is 1. The lowest BCUT2D eigenvalue weighted by atomic mass is 10.2. The number of benzene rings is 1. The van der Waals surface area contributed by atoms with Crippen LogP contribution < -0.4 is 15.4 Å². The largest absolute Gasteiger partial charge is 0.494 e. The first kappa shape index (κ1) is 16.8. The second kappa shape index (κ2) is 8.17. The van der Waals surface area contributed by atoms with Crippen molar-refractivity contribution in [3.63, 3.8) is 0 Å². The SMILES string of the molecule is CCOc1ccc(NC(=O)c2ccnc(NCC(C)C)c2)cc1. The highest BCUT2D eigenvalue weighted by molar-refractivity contribution is 6.04. The lowest BCUT2D eigenvalue weighted by Gasteiger charge is -2.10. The molecule has 0 spiro atoms. The molecule has 5 nitrogen and oxygen atoms in total. The molecular weight excluding hydrogens is 290 g/mol. The van der Waals surface area contributed by atoms with Crippen LogP contribution in [-0.4, -0.2) is 24.0 Å². The highest BCUT2D eigenvalue weighted by Gasteiger charge is 2.08. The van der Waals surface area contributed by atoms with Crippen LogP contribution in [0.5, 0.6) is 5.75 Å². The van der Waals surface area contributed by atoms with Gasteiger partial charge in [0.1, 0.15) is 11.6 Å². The van der Waals surface area contributed by atoms with Crippen molar-refractivity contribution < 1.29 is 9.53 Å². The van der Waals surface area contributed by atoms with Crippen LogP contribution in [0.2, 0.25) is 0 Å².